The van der Waals surface area contributed by atoms with Gasteiger partial charge in [-0.3, -0.25) is 0 Å². The molecule has 0 fully saturated rings. The van der Waals surface area contributed by atoms with Crippen LogP contribution in [0.2, 0.25) is 5.02 Å². The lowest BCUT2D eigenvalue weighted by atomic mass is 9.98. The van der Waals surface area contributed by atoms with Gasteiger partial charge in [0.15, 0.2) is 5.11 Å². The number of nitrogens with one attached hydrogen (secondary N) is 2. The number of aryl methyl sites for hydroxylation is 1. The molecule has 0 saturated heterocycles. The zero-order valence-corrected chi connectivity index (χ0v) is 17.0. The van der Waals surface area contributed by atoms with Crippen LogP contribution in [0.4, 0.5) is 18.9 Å². The van der Waals surface area contributed by atoms with Gasteiger partial charge in [-0.2, -0.15) is 13.2 Å². The Labute approximate surface area is 177 Å². The minimum Gasteiger partial charge on any atom is -0.352 e. The lowest BCUT2D eigenvalue weighted by Crippen LogP contribution is -2.33. The summed E-state index contributed by atoms with van der Waals surface area (Å²) in [5, 5.41) is 5.87. The van der Waals surface area contributed by atoms with Crippen molar-refractivity contribution < 1.29 is 13.2 Å². The van der Waals surface area contributed by atoms with Gasteiger partial charge in [-0.25, -0.2) is 0 Å². The van der Waals surface area contributed by atoms with E-state index in [2.05, 4.69) is 10.6 Å². The van der Waals surface area contributed by atoms with Crippen LogP contribution in [0.5, 0.6) is 0 Å². The minimum atomic E-state index is -4.54. The number of benzene rings is 3. The van der Waals surface area contributed by atoms with E-state index >= 15 is 0 Å². The van der Waals surface area contributed by atoms with E-state index in [0.717, 1.165) is 22.8 Å². The number of alkyl halides is 3. The fourth-order valence-corrected chi connectivity index (χ4v) is 3.34. The summed E-state index contributed by atoms with van der Waals surface area (Å²) in [5.74, 6) is 0. The summed E-state index contributed by atoms with van der Waals surface area (Å²) in [6.45, 7) is 2.00. The molecule has 3 rings (SSSR count). The molecule has 0 saturated carbocycles. The van der Waals surface area contributed by atoms with E-state index in [0.29, 0.717) is 0 Å². The van der Waals surface area contributed by atoms with Crippen LogP contribution in [0.15, 0.2) is 72.8 Å². The lowest BCUT2D eigenvalue weighted by Gasteiger charge is -2.22. The Morgan fingerprint density at radius 2 is 1.55 bits per heavy atom. The molecule has 29 heavy (non-hydrogen) atoms. The van der Waals surface area contributed by atoms with E-state index in [1.807, 2.05) is 61.5 Å². The molecule has 0 spiro atoms. The number of halogens is 4. The van der Waals surface area contributed by atoms with Crippen LogP contribution >= 0.6 is 23.8 Å². The van der Waals surface area contributed by atoms with Crippen LogP contribution in [-0.4, -0.2) is 5.11 Å². The second-order valence-corrected chi connectivity index (χ2v) is 7.36. The highest BCUT2D eigenvalue weighted by Gasteiger charge is 2.33. The van der Waals surface area contributed by atoms with Crippen molar-refractivity contribution in [3.8, 4) is 0 Å². The van der Waals surface area contributed by atoms with E-state index < -0.39 is 11.7 Å². The summed E-state index contributed by atoms with van der Waals surface area (Å²) in [6.07, 6.45) is -4.54. The Morgan fingerprint density at radius 1 is 0.931 bits per heavy atom. The van der Waals surface area contributed by atoms with Crippen LogP contribution in [0.25, 0.3) is 0 Å². The maximum Gasteiger partial charge on any atom is 0.417 e. The van der Waals surface area contributed by atoms with E-state index in [1.165, 1.54) is 12.1 Å². The molecule has 0 radical (unpaired) electrons. The van der Waals surface area contributed by atoms with Gasteiger partial charge < -0.3 is 10.6 Å². The molecule has 2 nitrogen and oxygen atoms in total. The Morgan fingerprint density at radius 3 is 2.17 bits per heavy atom. The van der Waals surface area contributed by atoms with Crippen LogP contribution < -0.4 is 10.6 Å². The summed E-state index contributed by atoms with van der Waals surface area (Å²) in [5.41, 5.74) is 2.38. The zero-order valence-electron chi connectivity index (χ0n) is 15.4. The highest BCUT2D eigenvalue weighted by atomic mass is 35.5. The Balaban J connectivity index is 1.83. The van der Waals surface area contributed by atoms with Crippen LogP contribution in [0.3, 0.4) is 0 Å². The van der Waals surface area contributed by atoms with Crippen molar-refractivity contribution in [2.24, 2.45) is 0 Å². The van der Waals surface area contributed by atoms with E-state index in [4.69, 9.17) is 23.8 Å². The molecule has 1 atom stereocenters. The maximum absolute atomic E-state index is 13.1. The monoisotopic (exact) mass is 434 g/mol. The summed E-state index contributed by atoms with van der Waals surface area (Å²) in [6, 6.07) is 21.0. The topological polar surface area (TPSA) is 24.1 Å². The summed E-state index contributed by atoms with van der Waals surface area (Å²) in [4.78, 5) is 0. The van der Waals surface area contributed by atoms with Crippen molar-refractivity contribution >= 4 is 34.6 Å². The van der Waals surface area contributed by atoms with Gasteiger partial charge in [0.2, 0.25) is 0 Å². The van der Waals surface area contributed by atoms with Gasteiger partial charge in [0.1, 0.15) is 0 Å². The molecule has 0 aliphatic heterocycles. The fraction of sp³-hybridized carbons (Fsp3) is 0.136. The second kappa shape index (κ2) is 8.84. The third-order valence-corrected chi connectivity index (χ3v) is 4.90. The normalized spacial score (nSPS) is 12.3. The average Bonchev–Trinajstić information content (AvgIpc) is 2.68. The maximum atomic E-state index is 13.1. The van der Waals surface area contributed by atoms with Gasteiger partial charge in [-0.05, 0) is 48.5 Å². The Kier molecular flexibility index (Phi) is 6.45. The first-order valence-corrected chi connectivity index (χ1v) is 9.58. The third kappa shape index (κ3) is 5.49. The van der Waals surface area contributed by atoms with Gasteiger partial charge in [-0.15, -0.1) is 0 Å². The third-order valence-electron chi connectivity index (χ3n) is 4.35. The smallest absolute Gasteiger partial charge is 0.352 e. The van der Waals surface area contributed by atoms with Crippen LogP contribution in [-0.2, 0) is 6.18 Å². The van der Waals surface area contributed by atoms with Gasteiger partial charge >= 0.3 is 6.18 Å². The molecule has 0 bridgehead atoms. The molecule has 3 aromatic carbocycles. The van der Waals surface area contributed by atoms with Crippen molar-refractivity contribution in [1.29, 1.82) is 0 Å². The van der Waals surface area contributed by atoms with Crippen molar-refractivity contribution in [3.05, 3.63) is 100 Å². The first-order valence-electron chi connectivity index (χ1n) is 8.80. The highest BCUT2D eigenvalue weighted by Crippen LogP contribution is 2.36. The quantitative estimate of drug-likeness (QED) is 0.444. The second-order valence-electron chi connectivity index (χ2n) is 6.55. The number of thiocarbonyl (C=S) groups is 1. The Hall–Kier alpha value is -2.57. The van der Waals surface area contributed by atoms with E-state index in [9.17, 15) is 13.2 Å². The summed E-state index contributed by atoms with van der Waals surface area (Å²) in [7, 11) is 0. The molecular formula is C22H18ClF3N2S. The van der Waals surface area contributed by atoms with Crippen LogP contribution in [0, 0.1) is 6.92 Å². The van der Waals surface area contributed by atoms with E-state index in [1.54, 1.807) is 0 Å². The summed E-state index contributed by atoms with van der Waals surface area (Å²) < 4.78 is 39.3. The molecule has 0 heterocycles. The predicted molar refractivity (Wildman–Crippen MR) is 115 cm³/mol. The molecule has 0 aliphatic rings. The number of hydrogen-bond donors (Lipinski definition) is 2. The largest absolute Gasteiger partial charge is 0.417 e. The molecular weight excluding hydrogens is 417 g/mol. The Bertz CT molecular complexity index is 989. The van der Waals surface area contributed by atoms with Gasteiger partial charge in [0.25, 0.3) is 0 Å². The van der Waals surface area contributed by atoms with Crippen molar-refractivity contribution in [2.45, 2.75) is 19.1 Å². The molecule has 0 amide bonds. The summed E-state index contributed by atoms with van der Waals surface area (Å²) >= 11 is 11.0. The SMILES string of the molecule is Cc1ccc([C@@H](NC(=S)Nc2ccc(Cl)c(C(F)(F)F)c2)c2ccccc2)cc1. The average molecular weight is 435 g/mol. The molecule has 3 aromatic rings. The number of anilines is 1. The first kappa shape index (κ1) is 21.1. The predicted octanol–water partition coefficient (Wildman–Crippen LogP) is 6.74. The van der Waals surface area contributed by atoms with Gasteiger partial charge in [0, 0.05) is 5.69 Å². The van der Waals surface area contributed by atoms with Crippen molar-refractivity contribution in [2.75, 3.05) is 5.32 Å². The molecule has 0 unspecified atom stereocenters. The minimum absolute atomic E-state index is 0.204. The van der Waals surface area contributed by atoms with Gasteiger partial charge in [-0.1, -0.05) is 71.8 Å². The van der Waals surface area contributed by atoms with Gasteiger partial charge in [0.05, 0.1) is 16.6 Å². The molecule has 7 heteroatoms. The lowest BCUT2D eigenvalue weighted by molar-refractivity contribution is -0.137. The molecule has 0 aromatic heterocycles. The van der Waals surface area contributed by atoms with E-state index in [-0.39, 0.29) is 21.9 Å². The number of rotatable bonds is 4. The first-order chi connectivity index (χ1) is 13.7. The molecule has 150 valence electrons. The van der Waals surface area contributed by atoms with Crippen LogP contribution in [0.1, 0.15) is 28.3 Å². The van der Waals surface area contributed by atoms with Crippen molar-refractivity contribution in [1.82, 2.24) is 5.32 Å². The fourth-order valence-electron chi connectivity index (χ4n) is 2.88. The standard InChI is InChI=1S/C22H18ClF3N2S/c1-14-7-9-16(10-8-14)20(15-5-3-2-4-6-15)28-21(29)27-17-11-12-19(23)18(13-17)22(24,25)26/h2-13,20H,1H3,(H2,27,28,29)/t20-/m0/s1. The van der Waals surface area contributed by atoms with Crippen molar-refractivity contribution in [3.63, 3.8) is 0 Å². The molecule has 0 aliphatic carbocycles. The highest BCUT2D eigenvalue weighted by molar-refractivity contribution is 7.80. The number of hydrogen-bond acceptors (Lipinski definition) is 1. The zero-order chi connectivity index (χ0) is 21.0. The molecule has 2 N–H and O–H groups in total.